The number of rotatable bonds is 8. The Bertz CT molecular complexity index is 468. The molecule has 0 unspecified atom stereocenters. The number of carbonyl (C=O) groups is 3. The highest BCUT2D eigenvalue weighted by molar-refractivity contribution is 5.88. The Labute approximate surface area is 123 Å². The van der Waals surface area contributed by atoms with E-state index in [-0.39, 0.29) is 25.7 Å². The van der Waals surface area contributed by atoms with Crippen molar-refractivity contribution >= 4 is 17.9 Å². The summed E-state index contributed by atoms with van der Waals surface area (Å²) in [5, 5.41) is 0. The van der Waals surface area contributed by atoms with Crippen molar-refractivity contribution in [1.82, 2.24) is 0 Å². The summed E-state index contributed by atoms with van der Waals surface area (Å²) in [5.74, 6) is 2.80. The second-order valence-electron chi connectivity index (χ2n) is 3.75. The van der Waals surface area contributed by atoms with E-state index in [2.05, 4.69) is 0 Å². The molecule has 0 rings (SSSR count). The molecule has 0 fully saturated rings. The SMILES string of the molecule is C#CC(=O)OCCC(CCOC(=O)C#C)COC(=O)C#C. The first-order valence-electron chi connectivity index (χ1n) is 5.93. The van der Waals surface area contributed by atoms with Gasteiger partial charge in [-0.25, -0.2) is 14.4 Å². The molecule has 0 N–H and O–H groups in total. The van der Waals surface area contributed by atoms with Crippen LogP contribution >= 0.6 is 0 Å². The lowest BCUT2D eigenvalue weighted by atomic mass is 10.0. The van der Waals surface area contributed by atoms with Gasteiger partial charge in [0.1, 0.15) is 0 Å². The van der Waals surface area contributed by atoms with Gasteiger partial charge in [-0.1, -0.05) is 0 Å². The smallest absolute Gasteiger partial charge is 0.384 e. The summed E-state index contributed by atoms with van der Waals surface area (Å²) >= 11 is 0. The summed E-state index contributed by atoms with van der Waals surface area (Å²) in [7, 11) is 0. The van der Waals surface area contributed by atoms with Crippen LogP contribution in [0.5, 0.6) is 0 Å². The largest absolute Gasteiger partial charge is 0.456 e. The first-order chi connectivity index (χ1) is 10.0. The van der Waals surface area contributed by atoms with Gasteiger partial charge in [-0.15, -0.1) is 19.3 Å². The molecular formula is C15H14O6. The van der Waals surface area contributed by atoms with Gasteiger partial charge in [-0.05, 0) is 18.8 Å². The molecule has 0 aliphatic rings. The van der Waals surface area contributed by atoms with Crippen LogP contribution in [0.4, 0.5) is 0 Å². The van der Waals surface area contributed by atoms with Gasteiger partial charge in [-0.2, -0.15) is 0 Å². The predicted molar refractivity (Wildman–Crippen MR) is 72.1 cm³/mol. The molecule has 0 amide bonds. The van der Waals surface area contributed by atoms with Gasteiger partial charge in [0.15, 0.2) is 0 Å². The summed E-state index contributed by atoms with van der Waals surface area (Å²) < 4.78 is 14.2. The lowest BCUT2D eigenvalue weighted by Gasteiger charge is -2.15. The van der Waals surface area contributed by atoms with Crippen molar-refractivity contribution in [3.63, 3.8) is 0 Å². The molecule has 0 atom stereocenters. The molecule has 0 radical (unpaired) electrons. The maximum atomic E-state index is 10.9. The van der Waals surface area contributed by atoms with Crippen LogP contribution in [0.1, 0.15) is 12.8 Å². The molecular weight excluding hydrogens is 276 g/mol. The van der Waals surface area contributed by atoms with Crippen LogP contribution in [0, 0.1) is 42.9 Å². The predicted octanol–water partition coefficient (Wildman–Crippen LogP) is -0.0880. The third kappa shape index (κ3) is 9.64. The first kappa shape index (κ1) is 18.1. The highest BCUT2D eigenvalue weighted by atomic mass is 16.5. The zero-order valence-corrected chi connectivity index (χ0v) is 11.3. The Morgan fingerprint density at radius 2 is 1.14 bits per heavy atom. The minimum absolute atomic E-state index is 0.00421. The fourth-order valence-electron chi connectivity index (χ4n) is 1.27. The Morgan fingerprint density at radius 3 is 1.52 bits per heavy atom. The standard InChI is InChI=1S/C15H14O6/c1-4-13(16)19-9-7-12(11-21-15(18)6-3)8-10-20-14(17)5-2/h1-3,12H,7-11H2. The molecule has 0 bridgehead atoms. The molecule has 6 heteroatoms. The van der Waals surface area contributed by atoms with Crippen LogP contribution in [-0.2, 0) is 28.6 Å². The van der Waals surface area contributed by atoms with E-state index in [1.807, 2.05) is 0 Å². The van der Waals surface area contributed by atoms with E-state index >= 15 is 0 Å². The minimum atomic E-state index is -0.804. The second kappa shape index (κ2) is 11.0. The molecule has 110 valence electrons. The van der Waals surface area contributed by atoms with E-state index in [9.17, 15) is 14.4 Å². The highest BCUT2D eigenvalue weighted by Crippen LogP contribution is 2.10. The van der Waals surface area contributed by atoms with Gasteiger partial charge in [0, 0.05) is 17.8 Å². The molecule has 0 aliphatic carbocycles. The molecule has 0 spiro atoms. The van der Waals surface area contributed by atoms with E-state index in [1.54, 1.807) is 17.8 Å². The van der Waals surface area contributed by atoms with Crippen molar-refractivity contribution < 1.29 is 28.6 Å². The minimum Gasteiger partial charge on any atom is -0.456 e. The lowest BCUT2D eigenvalue weighted by molar-refractivity contribution is -0.141. The number of carbonyl (C=O) groups excluding carboxylic acids is 3. The van der Waals surface area contributed by atoms with Gasteiger partial charge in [-0.3, -0.25) is 0 Å². The molecule has 0 aliphatic heterocycles. The Hall–Kier alpha value is -2.91. The molecule has 0 aromatic heterocycles. The van der Waals surface area contributed by atoms with Crippen molar-refractivity contribution in [2.24, 2.45) is 5.92 Å². The summed E-state index contributed by atoms with van der Waals surface area (Å²) in [4.78, 5) is 32.5. The average Bonchev–Trinajstić information content (AvgIpc) is 2.50. The summed E-state index contributed by atoms with van der Waals surface area (Å²) in [5.41, 5.74) is 0. The number of esters is 3. The lowest BCUT2D eigenvalue weighted by Crippen LogP contribution is -2.18. The fraction of sp³-hybridized carbons (Fsp3) is 0.400. The Morgan fingerprint density at radius 1 is 0.762 bits per heavy atom. The quantitative estimate of drug-likeness (QED) is 0.269. The summed E-state index contributed by atoms with van der Waals surface area (Å²) in [6.07, 6.45) is 15.3. The van der Waals surface area contributed by atoms with Crippen LogP contribution in [0.2, 0.25) is 0 Å². The number of hydrogen-bond acceptors (Lipinski definition) is 6. The van der Waals surface area contributed by atoms with E-state index in [4.69, 9.17) is 33.5 Å². The Balaban J connectivity index is 4.21. The summed E-state index contributed by atoms with van der Waals surface area (Å²) in [6.45, 7) is 0.0963. The number of terminal acetylenes is 3. The molecule has 21 heavy (non-hydrogen) atoms. The van der Waals surface area contributed by atoms with Crippen molar-refractivity contribution in [3.8, 4) is 37.0 Å². The number of hydrogen-bond donors (Lipinski definition) is 0. The molecule has 0 heterocycles. The summed E-state index contributed by atoms with van der Waals surface area (Å²) in [6, 6.07) is 0. The molecule has 0 saturated heterocycles. The second-order valence-corrected chi connectivity index (χ2v) is 3.75. The fourth-order valence-corrected chi connectivity index (χ4v) is 1.27. The van der Waals surface area contributed by atoms with Crippen LogP contribution in [0.3, 0.4) is 0 Å². The third-order valence-corrected chi connectivity index (χ3v) is 2.32. The van der Waals surface area contributed by atoms with Crippen molar-refractivity contribution in [2.45, 2.75) is 12.8 Å². The monoisotopic (exact) mass is 290 g/mol. The highest BCUT2D eigenvalue weighted by Gasteiger charge is 2.13. The van der Waals surface area contributed by atoms with Crippen LogP contribution in [0.25, 0.3) is 0 Å². The van der Waals surface area contributed by atoms with E-state index in [0.717, 1.165) is 0 Å². The molecule has 0 saturated carbocycles. The van der Waals surface area contributed by atoms with E-state index in [1.165, 1.54) is 0 Å². The van der Waals surface area contributed by atoms with Crippen LogP contribution in [0.15, 0.2) is 0 Å². The van der Waals surface area contributed by atoms with Gasteiger partial charge in [0.2, 0.25) is 0 Å². The zero-order valence-electron chi connectivity index (χ0n) is 11.3. The maximum absolute atomic E-state index is 10.9. The average molecular weight is 290 g/mol. The Kier molecular flexibility index (Phi) is 9.44. The topological polar surface area (TPSA) is 78.9 Å². The van der Waals surface area contributed by atoms with Gasteiger partial charge in [0.25, 0.3) is 0 Å². The van der Waals surface area contributed by atoms with Gasteiger partial charge >= 0.3 is 17.9 Å². The number of ether oxygens (including phenoxy) is 3. The van der Waals surface area contributed by atoms with Gasteiger partial charge in [0.05, 0.1) is 19.8 Å². The first-order valence-corrected chi connectivity index (χ1v) is 5.93. The maximum Gasteiger partial charge on any atom is 0.384 e. The molecule has 6 nitrogen and oxygen atoms in total. The van der Waals surface area contributed by atoms with Crippen molar-refractivity contribution in [2.75, 3.05) is 19.8 Å². The van der Waals surface area contributed by atoms with Crippen molar-refractivity contribution in [1.29, 1.82) is 0 Å². The molecule has 0 aromatic carbocycles. The normalized spacial score (nSPS) is 8.86. The zero-order chi connectivity index (χ0) is 16.1. The van der Waals surface area contributed by atoms with E-state index < -0.39 is 17.9 Å². The van der Waals surface area contributed by atoms with Crippen LogP contribution < -0.4 is 0 Å². The third-order valence-electron chi connectivity index (χ3n) is 2.32. The molecule has 0 aromatic rings. The van der Waals surface area contributed by atoms with Crippen LogP contribution in [-0.4, -0.2) is 37.7 Å². The van der Waals surface area contributed by atoms with Gasteiger partial charge < -0.3 is 14.2 Å². The van der Waals surface area contributed by atoms with Crippen molar-refractivity contribution in [3.05, 3.63) is 0 Å². The van der Waals surface area contributed by atoms with E-state index in [0.29, 0.717) is 12.8 Å².